The molecule has 0 heterocycles. The molecule has 0 aromatic rings. The molecule has 0 radical (unpaired) electrons. The lowest BCUT2D eigenvalue weighted by atomic mass is 10.3. The van der Waals surface area contributed by atoms with Crippen LogP contribution in [0, 0.1) is 0 Å². The first-order valence-corrected chi connectivity index (χ1v) is 27.4. The fourth-order valence-electron chi connectivity index (χ4n) is 3.59. The Morgan fingerprint density at radius 3 is 1.74 bits per heavy atom. The van der Waals surface area contributed by atoms with Crippen molar-refractivity contribution in [3.05, 3.63) is 12.2 Å². The quantitative estimate of drug-likeness (QED) is 0.133. The van der Waals surface area contributed by atoms with Crippen LogP contribution in [0.5, 0.6) is 0 Å². The van der Waals surface area contributed by atoms with Gasteiger partial charge in [0.25, 0.3) is 0 Å². The molecule has 0 saturated heterocycles. The summed E-state index contributed by atoms with van der Waals surface area (Å²) in [5, 5.41) is 2.86. The zero-order valence-corrected chi connectivity index (χ0v) is 29.7. The molecule has 1 amide bonds. The zero-order valence-electron chi connectivity index (χ0n) is 24.7. The van der Waals surface area contributed by atoms with Crippen molar-refractivity contribution in [3.63, 3.8) is 0 Å². The Hall–Kier alpha value is 0.0544. The van der Waals surface area contributed by atoms with Crippen LogP contribution in [0.3, 0.4) is 0 Å². The Morgan fingerprint density at radius 2 is 1.34 bits per heavy atom. The van der Waals surface area contributed by atoms with Crippen molar-refractivity contribution in [2.24, 2.45) is 0 Å². The van der Waals surface area contributed by atoms with Gasteiger partial charge in [0.1, 0.15) is 0 Å². The standard InChI is InChI=1S/C22H53NO7Si5/c1-20(2)22(24)23-18-21(27-35(14,25-3)30-33(10,11)12)19-26-16-15-17-34(13,28-31(4,5)6)29-32(7,8)9/h21H,1,15-19H2,2-14H3,(H,23,24). The summed E-state index contributed by atoms with van der Waals surface area (Å²) in [6.45, 7) is 30.2. The number of carbonyl (C=O) groups excluding carboxylic acids is 1. The fraction of sp³-hybridized carbons (Fsp3) is 0.864. The second-order valence-corrected chi connectivity index (χ2v) is 32.5. The summed E-state index contributed by atoms with van der Waals surface area (Å²) in [7, 11) is -8.93. The van der Waals surface area contributed by atoms with Gasteiger partial charge in [-0.05, 0) is 84.9 Å². The van der Waals surface area contributed by atoms with Gasteiger partial charge in [0, 0.05) is 32.4 Å². The lowest BCUT2D eigenvalue weighted by molar-refractivity contribution is -0.118. The Kier molecular flexibility index (Phi) is 14.3. The molecule has 35 heavy (non-hydrogen) atoms. The molecule has 2 unspecified atom stereocenters. The van der Waals surface area contributed by atoms with E-state index in [1.54, 1.807) is 14.0 Å². The summed E-state index contributed by atoms with van der Waals surface area (Å²) in [5.74, 6) is -0.209. The predicted octanol–water partition coefficient (Wildman–Crippen LogP) is 5.31. The molecule has 8 nitrogen and oxygen atoms in total. The van der Waals surface area contributed by atoms with E-state index in [1.807, 2.05) is 6.55 Å². The van der Waals surface area contributed by atoms with Crippen molar-refractivity contribution in [2.75, 3.05) is 26.9 Å². The van der Waals surface area contributed by atoms with Crippen LogP contribution >= 0.6 is 0 Å². The third-order valence-corrected chi connectivity index (χ3v) is 19.4. The van der Waals surface area contributed by atoms with Crippen LogP contribution in [0.2, 0.25) is 78.1 Å². The van der Waals surface area contributed by atoms with E-state index in [0.717, 1.165) is 12.5 Å². The molecule has 0 bridgehead atoms. The van der Waals surface area contributed by atoms with Crippen molar-refractivity contribution < 1.29 is 30.7 Å². The van der Waals surface area contributed by atoms with E-state index in [4.69, 9.17) is 25.9 Å². The van der Waals surface area contributed by atoms with Crippen molar-refractivity contribution in [1.82, 2.24) is 5.32 Å². The summed E-state index contributed by atoms with van der Waals surface area (Å²) in [4.78, 5) is 12.1. The van der Waals surface area contributed by atoms with Crippen molar-refractivity contribution in [3.8, 4) is 0 Å². The largest absolute Gasteiger partial charge is 0.487 e. The van der Waals surface area contributed by atoms with Gasteiger partial charge in [0.2, 0.25) is 5.91 Å². The van der Waals surface area contributed by atoms with Gasteiger partial charge in [-0.25, -0.2) is 0 Å². The maximum absolute atomic E-state index is 12.1. The summed E-state index contributed by atoms with van der Waals surface area (Å²) >= 11 is 0. The third kappa shape index (κ3) is 18.0. The Balaban J connectivity index is 5.13. The lowest BCUT2D eigenvalue weighted by Crippen LogP contribution is -2.53. The van der Waals surface area contributed by atoms with Gasteiger partial charge in [0.05, 0.1) is 12.7 Å². The van der Waals surface area contributed by atoms with Crippen LogP contribution in [-0.4, -0.2) is 81.2 Å². The minimum atomic E-state index is -2.89. The highest BCUT2D eigenvalue weighted by molar-refractivity contribution is 6.87. The van der Waals surface area contributed by atoms with Crippen LogP contribution < -0.4 is 5.32 Å². The van der Waals surface area contributed by atoms with Gasteiger partial charge >= 0.3 is 17.4 Å². The number of carbonyl (C=O) groups is 1. The first-order chi connectivity index (χ1) is 15.6. The van der Waals surface area contributed by atoms with Crippen molar-refractivity contribution >= 4 is 48.2 Å². The zero-order chi connectivity index (χ0) is 27.7. The molecule has 0 rings (SSSR count). The van der Waals surface area contributed by atoms with E-state index in [2.05, 4.69) is 77.4 Å². The Labute approximate surface area is 220 Å². The molecule has 0 fully saturated rings. The molecule has 13 heteroatoms. The molecule has 0 spiro atoms. The van der Waals surface area contributed by atoms with Gasteiger partial charge in [0.15, 0.2) is 25.0 Å². The molecule has 208 valence electrons. The molecule has 0 saturated carbocycles. The predicted molar refractivity (Wildman–Crippen MR) is 156 cm³/mol. The molecule has 1 N–H and O–H groups in total. The molecule has 0 aliphatic heterocycles. The van der Waals surface area contributed by atoms with Crippen LogP contribution in [0.4, 0.5) is 0 Å². The van der Waals surface area contributed by atoms with Crippen LogP contribution in [-0.2, 0) is 30.7 Å². The summed E-state index contributed by atoms with van der Waals surface area (Å²) < 4.78 is 37.4. The minimum Gasteiger partial charge on any atom is -0.437 e. The van der Waals surface area contributed by atoms with E-state index >= 15 is 0 Å². The van der Waals surface area contributed by atoms with Gasteiger partial charge in [-0.3, -0.25) is 4.79 Å². The summed E-state index contributed by atoms with van der Waals surface area (Å²) in [6, 6.07) is 0.878. The van der Waals surface area contributed by atoms with Gasteiger partial charge < -0.3 is 31.3 Å². The van der Waals surface area contributed by atoms with Crippen LogP contribution in [0.1, 0.15) is 13.3 Å². The summed E-state index contributed by atoms with van der Waals surface area (Å²) in [5.41, 5.74) is 0.448. The van der Waals surface area contributed by atoms with Crippen molar-refractivity contribution in [1.29, 1.82) is 0 Å². The van der Waals surface area contributed by atoms with Gasteiger partial charge in [-0.15, -0.1) is 0 Å². The molecule has 0 aromatic carbocycles. The monoisotopic (exact) mass is 583 g/mol. The Morgan fingerprint density at radius 1 is 0.857 bits per heavy atom. The molecular weight excluding hydrogens is 531 g/mol. The maximum Gasteiger partial charge on any atom is 0.487 e. The average Bonchev–Trinajstić information content (AvgIpc) is 2.60. The first kappa shape index (κ1) is 35.1. The topological polar surface area (TPSA) is 84.5 Å². The molecule has 0 aliphatic carbocycles. The molecule has 0 aromatic heterocycles. The number of hydrogen-bond donors (Lipinski definition) is 1. The van der Waals surface area contributed by atoms with Crippen LogP contribution in [0.25, 0.3) is 0 Å². The second-order valence-electron chi connectivity index (χ2n) is 12.3. The average molecular weight is 584 g/mol. The number of rotatable bonds is 18. The molecule has 2 atom stereocenters. The SMILES string of the molecule is C=C(C)C(=O)NCC(COCCC[Si](C)(O[Si](C)(C)C)O[Si](C)(C)C)O[Si](C)(OC)O[Si](C)(C)C. The third-order valence-electron chi connectivity index (χ3n) is 4.39. The van der Waals surface area contributed by atoms with Gasteiger partial charge in [-0.1, -0.05) is 6.58 Å². The highest BCUT2D eigenvalue weighted by Gasteiger charge is 2.42. The number of amides is 1. The smallest absolute Gasteiger partial charge is 0.437 e. The number of hydrogen-bond acceptors (Lipinski definition) is 7. The highest BCUT2D eigenvalue weighted by Crippen LogP contribution is 2.25. The van der Waals surface area contributed by atoms with E-state index in [1.165, 1.54) is 0 Å². The van der Waals surface area contributed by atoms with Crippen molar-refractivity contribution in [2.45, 2.75) is 97.5 Å². The molecule has 0 aliphatic rings. The van der Waals surface area contributed by atoms with E-state index < -0.39 is 48.4 Å². The van der Waals surface area contributed by atoms with E-state index in [0.29, 0.717) is 18.8 Å². The Bertz CT molecular complexity index is 661. The first-order valence-electron chi connectivity index (χ1n) is 12.4. The minimum absolute atomic E-state index is 0.209. The number of ether oxygens (including phenoxy) is 1. The maximum atomic E-state index is 12.1. The van der Waals surface area contributed by atoms with E-state index in [-0.39, 0.29) is 12.5 Å². The lowest BCUT2D eigenvalue weighted by Gasteiger charge is -2.38. The van der Waals surface area contributed by atoms with E-state index in [9.17, 15) is 4.79 Å². The summed E-state index contributed by atoms with van der Waals surface area (Å²) in [6.07, 6.45) is 0.443. The number of nitrogens with one attached hydrogen (secondary N) is 1. The highest BCUT2D eigenvalue weighted by atomic mass is 28.5. The normalized spacial score (nSPS) is 16.0. The molecular formula is C22H53NO7Si5. The van der Waals surface area contributed by atoms with Gasteiger partial charge in [-0.2, -0.15) is 0 Å². The second kappa shape index (κ2) is 14.3. The van der Waals surface area contributed by atoms with Crippen LogP contribution in [0.15, 0.2) is 12.2 Å². The fourth-order valence-corrected chi connectivity index (χ4v) is 21.9.